The highest BCUT2D eigenvalue weighted by Crippen LogP contribution is 2.14. The van der Waals surface area contributed by atoms with E-state index in [-0.39, 0.29) is 6.42 Å². The van der Waals surface area contributed by atoms with Gasteiger partial charge in [0.25, 0.3) is 0 Å². The van der Waals surface area contributed by atoms with Gasteiger partial charge < -0.3 is 10.8 Å². The number of hydrogen-bond acceptors (Lipinski definition) is 3. The van der Waals surface area contributed by atoms with Crippen LogP contribution in [0.3, 0.4) is 0 Å². The van der Waals surface area contributed by atoms with Crippen molar-refractivity contribution in [3.8, 4) is 6.07 Å². The van der Waals surface area contributed by atoms with Gasteiger partial charge in [-0.1, -0.05) is 18.2 Å². The van der Waals surface area contributed by atoms with Crippen LogP contribution in [-0.2, 0) is 11.2 Å². The Kier molecular flexibility index (Phi) is 3.08. The molecule has 1 atom stereocenters. The fourth-order valence-electron chi connectivity index (χ4n) is 1.25. The van der Waals surface area contributed by atoms with Crippen LogP contribution in [0.4, 0.5) is 0 Å². The SMILES string of the molecule is C[C@@](N)(Cc1ccccc1C#N)C(=O)O. The summed E-state index contributed by atoms with van der Waals surface area (Å²) in [4.78, 5) is 10.8. The molecule has 0 aromatic heterocycles. The zero-order valence-corrected chi connectivity index (χ0v) is 8.40. The van der Waals surface area contributed by atoms with Crippen LogP contribution in [-0.4, -0.2) is 16.6 Å². The molecule has 0 aliphatic carbocycles. The molecule has 78 valence electrons. The van der Waals surface area contributed by atoms with Gasteiger partial charge in [-0.3, -0.25) is 4.79 Å². The summed E-state index contributed by atoms with van der Waals surface area (Å²) < 4.78 is 0. The molecule has 0 fully saturated rings. The summed E-state index contributed by atoms with van der Waals surface area (Å²) in [6, 6.07) is 8.86. The number of aliphatic carboxylic acids is 1. The van der Waals surface area contributed by atoms with Crippen LogP contribution in [0.5, 0.6) is 0 Å². The van der Waals surface area contributed by atoms with Crippen molar-refractivity contribution in [2.45, 2.75) is 18.9 Å². The second-order valence-corrected chi connectivity index (χ2v) is 3.67. The quantitative estimate of drug-likeness (QED) is 0.765. The molecule has 1 aromatic carbocycles. The zero-order chi connectivity index (χ0) is 11.5. The summed E-state index contributed by atoms with van der Waals surface area (Å²) in [7, 11) is 0. The average Bonchev–Trinajstić information content (AvgIpc) is 2.18. The lowest BCUT2D eigenvalue weighted by molar-refractivity contribution is -0.142. The number of benzene rings is 1. The number of nitriles is 1. The number of carboxylic acid groups (broad SMARTS) is 1. The van der Waals surface area contributed by atoms with Crippen molar-refractivity contribution in [1.82, 2.24) is 0 Å². The van der Waals surface area contributed by atoms with Gasteiger partial charge in [-0.2, -0.15) is 5.26 Å². The van der Waals surface area contributed by atoms with Gasteiger partial charge in [0.05, 0.1) is 11.6 Å². The van der Waals surface area contributed by atoms with Gasteiger partial charge in [-0.05, 0) is 18.6 Å². The van der Waals surface area contributed by atoms with Crippen LogP contribution >= 0.6 is 0 Å². The Morgan fingerprint density at radius 2 is 2.20 bits per heavy atom. The smallest absolute Gasteiger partial charge is 0.323 e. The van der Waals surface area contributed by atoms with E-state index in [9.17, 15) is 4.79 Å². The molecule has 4 heteroatoms. The van der Waals surface area contributed by atoms with Gasteiger partial charge in [0, 0.05) is 6.42 Å². The third-order valence-corrected chi connectivity index (χ3v) is 2.18. The van der Waals surface area contributed by atoms with E-state index in [4.69, 9.17) is 16.1 Å². The molecule has 0 saturated heterocycles. The lowest BCUT2D eigenvalue weighted by atomic mass is 9.92. The largest absolute Gasteiger partial charge is 0.480 e. The van der Waals surface area contributed by atoms with Crippen LogP contribution < -0.4 is 5.73 Å². The Morgan fingerprint density at radius 1 is 1.60 bits per heavy atom. The van der Waals surface area contributed by atoms with Gasteiger partial charge in [0.15, 0.2) is 0 Å². The maximum absolute atomic E-state index is 10.8. The van der Waals surface area contributed by atoms with Gasteiger partial charge >= 0.3 is 5.97 Å². The minimum Gasteiger partial charge on any atom is -0.480 e. The van der Waals surface area contributed by atoms with Crippen LogP contribution in [0.2, 0.25) is 0 Å². The normalized spacial score (nSPS) is 13.9. The molecular formula is C11H12N2O2. The number of nitrogens with two attached hydrogens (primary N) is 1. The molecule has 0 spiro atoms. The first-order valence-electron chi connectivity index (χ1n) is 4.47. The third-order valence-electron chi connectivity index (χ3n) is 2.18. The molecule has 1 rings (SSSR count). The third kappa shape index (κ3) is 2.55. The summed E-state index contributed by atoms with van der Waals surface area (Å²) >= 11 is 0. The van der Waals surface area contributed by atoms with Crippen molar-refractivity contribution < 1.29 is 9.90 Å². The molecule has 0 heterocycles. The van der Waals surface area contributed by atoms with Crippen molar-refractivity contribution in [2.24, 2.45) is 5.73 Å². The van der Waals surface area contributed by atoms with E-state index in [1.165, 1.54) is 6.92 Å². The predicted octanol–water partition coefficient (Wildman–Crippen LogP) is 0.903. The molecule has 0 amide bonds. The predicted molar refractivity (Wildman–Crippen MR) is 55.1 cm³/mol. The highest BCUT2D eigenvalue weighted by atomic mass is 16.4. The van der Waals surface area contributed by atoms with Crippen LogP contribution in [0.25, 0.3) is 0 Å². The fourth-order valence-corrected chi connectivity index (χ4v) is 1.25. The van der Waals surface area contributed by atoms with Crippen molar-refractivity contribution in [2.75, 3.05) is 0 Å². The van der Waals surface area contributed by atoms with E-state index in [1.807, 2.05) is 6.07 Å². The second-order valence-electron chi connectivity index (χ2n) is 3.67. The molecule has 0 saturated carbocycles. The summed E-state index contributed by atoms with van der Waals surface area (Å²) in [5, 5.41) is 17.7. The average molecular weight is 204 g/mol. The highest BCUT2D eigenvalue weighted by molar-refractivity contribution is 5.78. The van der Waals surface area contributed by atoms with E-state index in [2.05, 4.69) is 0 Å². The summed E-state index contributed by atoms with van der Waals surface area (Å²) in [5.41, 5.74) is 5.39. The van der Waals surface area contributed by atoms with Crippen LogP contribution in [0.15, 0.2) is 24.3 Å². The summed E-state index contributed by atoms with van der Waals surface area (Å²) in [5.74, 6) is -1.07. The molecule has 3 N–H and O–H groups in total. The van der Waals surface area contributed by atoms with E-state index >= 15 is 0 Å². The fraction of sp³-hybridized carbons (Fsp3) is 0.273. The van der Waals surface area contributed by atoms with Gasteiger partial charge in [0.2, 0.25) is 0 Å². The monoisotopic (exact) mass is 204 g/mol. The number of hydrogen-bond donors (Lipinski definition) is 2. The first-order chi connectivity index (χ1) is 6.97. The zero-order valence-electron chi connectivity index (χ0n) is 8.40. The maximum Gasteiger partial charge on any atom is 0.323 e. The molecule has 0 aliphatic rings. The van der Waals surface area contributed by atoms with Crippen LogP contribution in [0.1, 0.15) is 18.1 Å². The Labute approximate surface area is 87.9 Å². The lowest BCUT2D eigenvalue weighted by Gasteiger charge is -2.19. The molecule has 0 aliphatic heterocycles. The van der Waals surface area contributed by atoms with Crippen molar-refractivity contribution in [3.05, 3.63) is 35.4 Å². The van der Waals surface area contributed by atoms with E-state index in [0.29, 0.717) is 11.1 Å². The van der Waals surface area contributed by atoms with Crippen LogP contribution in [0, 0.1) is 11.3 Å². The first-order valence-corrected chi connectivity index (χ1v) is 4.47. The number of nitrogens with zero attached hydrogens (tertiary/aromatic N) is 1. The topological polar surface area (TPSA) is 87.1 Å². The highest BCUT2D eigenvalue weighted by Gasteiger charge is 2.28. The standard InChI is InChI=1S/C11H12N2O2/c1-11(13,10(14)15)6-8-4-2-3-5-9(8)7-12/h2-5H,6,13H2,1H3,(H,14,15)/t11-/m1/s1. The summed E-state index contributed by atoms with van der Waals surface area (Å²) in [6.45, 7) is 1.43. The summed E-state index contributed by atoms with van der Waals surface area (Å²) in [6.07, 6.45) is 0.145. The van der Waals surface area contributed by atoms with E-state index in [0.717, 1.165) is 0 Å². The van der Waals surface area contributed by atoms with Crippen molar-refractivity contribution in [1.29, 1.82) is 5.26 Å². The number of carbonyl (C=O) groups is 1. The first kappa shape index (κ1) is 11.2. The van der Waals surface area contributed by atoms with Gasteiger partial charge in [-0.15, -0.1) is 0 Å². The Hall–Kier alpha value is -1.86. The van der Waals surface area contributed by atoms with Gasteiger partial charge in [-0.25, -0.2) is 0 Å². The molecule has 0 radical (unpaired) electrons. The van der Waals surface area contributed by atoms with Crippen molar-refractivity contribution >= 4 is 5.97 Å². The molecule has 4 nitrogen and oxygen atoms in total. The Morgan fingerprint density at radius 3 is 2.73 bits per heavy atom. The maximum atomic E-state index is 10.8. The number of rotatable bonds is 3. The molecule has 1 aromatic rings. The molecule has 0 unspecified atom stereocenters. The molecule has 0 bridgehead atoms. The van der Waals surface area contributed by atoms with Gasteiger partial charge in [0.1, 0.15) is 5.54 Å². The number of carboxylic acids is 1. The minimum absolute atomic E-state index is 0.145. The van der Waals surface area contributed by atoms with E-state index in [1.54, 1.807) is 24.3 Å². The lowest BCUT2D eigenvalue weighted by Crippen LogP contribution is -2.46. The molecule has 15 heavy (non-hydrogen) atoms. The van der Waals surface area contributed by atoms with E-state index < -0.39 is 11.5 Å². The van der Waals surface area contributed by atoms with Crippen molar-refractivity contribution in [3.63, 3.8) is 0 Å². The molecular weight excluding hydrogens is 192 g/mol. The minimum atomic E-state index is -1.34. The Balaban J connectivity index is 3.00. The Bertz CT molecular complexity index is 419. The second kappa shape index (κ2) is 4.11.